The molecule has 0 aliphatic carbocycles. The summed E-state index contributed by atoms with van der Waals surface area (Å²) < 4.78 is 13.1. The molecule has 0 amide bonds. The van der Waals surface area contributed by atoms with E-state index >= 15 is 0 Å². The molecule has 0 atom stereocenters. The predicted molar refractivity (Wildman–Crippen MR) is 67.2 cm³/mol. The molecular weight excluding hydrogens is 215 g/mol. The molecule has 0 spiro atoms. The number of aromatic nitrogens is 1. The molecule has 1 aromatic heterocycles. The highest BCUT2D eigenvalue weighted by Gasteiger charge is 2.03. The van der Waals surface area contributed by atoms with E-state index in [1.807, 2.05) is 18.3 Å². The van der Waals surface area contributed by atoms with Crippen LogP contribution in [0.3, 0.4) is 0 Å². The molecule has 2 aromatic rings. The second-order valence-corrected chi connectivity index (χ2v) is 4.03. The lowest BCUT2D eigenvalue weighted by atomic mass is 10.1. The number of pyridine rings is 1. The van der Waals surface area contributed by atoms with Gasteiger partial charge in [-0.25, -0.2) is 4.39 Å². The van der Waals surface area contributed by atoms with Crippen LogP contribution in [0.4, 0.5) is 10.1 Å². The number of hydrogen-bond donors (Lipinski definition) is 1. The quantitative estimate of drug-likeness (QED) is 0.823. The van der Waals surface area contributed by atoms with Crippen molar-refractivity contribution < 1.29 is 4.39 Å². The first-order valence-electron chi connectivity index (χ1n) is 5.66. The van der Waals surface area contributed by atoms with Gasteiger partial charge in [-0.15, -0.1) is 0 Å². The number of nitrogens with two attached hydrogens (primary N) is 1. The Bertz CT molecular complexity index is 506. The van der Waals surface area contributed by atoms with Crippen molar-refractivity contribution in [2.45, 2.75) is 19.8 Å². The molecule has 3 heteroatoms. The van der Waals surface area contributed by atoms with Crippen molar-refractivity contribution in [2.75, 3.05) is 5.73 Å². The molecule has 0 saturated heterocycles. The average molecular weight is 230 g/mol. The van der Waals surface area contributed by atoms with Gasteiger partial charge in [0.05, 0.1) is 0 Å². The summed E-state index contributed by atoms with van der Waals surface area (Å²) in [5, 5.41) is 0. The summed E-state index contributed by atoms with van der Waals surface area (Å²) in [6.07, 6.45) is 3.38. The van der Waals surface area contributed by atoms with Gasteiger partial charge in [-0.1, -0.05) is 13.0 Å². The Morgan fingerprint density at radius 1 is 1.24 bits per heavy atom. The number of hydrogen-bond acceptors (Lipinski definition) is 2. The molecule has 2 N–H and O–H groups in total. The summed E-state index contributed by atoms with van der Waals surface area (Å²) >= 11 is 0. The number of rotatable bonds is 3. The standard InChI is InChI=1S/C14H15FN2/c1-2-10-3-5-13(17-9-10)8-11-7-12(15)4-6-14(11)16/h3-7,9H,2,8,16H2,1H3. The Kier molecular flexibility index (Phi) is 3.38. The maximum Gasteiger partial charge on any atom is 0.123 e. The minimum Gasteiger partial charge on any atom is -0.398 e. The summed E-state index contributed by atoms with van der Waals surface area (Å²) in [6.45, 7) is 2.08. The van der Waals surface area contributed by atoms with Gasteiger partial charge in [-0.3, -0.25) is 4.98 Å². The number of anilines is 1. The normalized spacial score (nSPS) is 10.5. The highest BCUT2D eigenvalue weighted by molar-refractivity contribution is 5.48. The molecule has 0 radical (unpaired) electrons. The Balaban J connectivity index is 2.22. The highest BCUT2D eigenvalue weighted by Crippen LogP contribution is 2.17. The largest absolute Gasteiger partial charge is 0.398 e. The summed E-state index contributed by atoms with van der Waals surface area (Å²) in [4.78, 5) is 4.34. The second-order valence-electron chi connectivity index (χ2n) is 4.03. The number of nitrogens with zero attached hydrogens (tertiary/aromatic N) is 1. The van der Waals surface area contributed by atoms with Gasteiger partial charge in [0.1, 0.15) is 5.82 Å². The molecule has 0 unspecified atom stereocenters. The van der Waals surface area contributed by atoms with Gasteiger partial charge in [0, 0.05) is 24.0 Å². The van der Waals surface area contributed by atoms with Gasteiger partial charge in [0.25, 0.3) is 0 Å². The number of halogens is 1. The van der Waals surface area contributed by atoms with Crippen LogP contribution >= 0.6 is 0 Å². The third kappa shape index (κ3) is 2.81. The fraction of sp³-hybridized carbons (Fsp3) is 0.214. The molecule has 0 aliphatic rings. The zero-order chi connectivity index (χ0) is 12.3. The predicted octanol–water partition coefficient (Wildman–Crippen LogP) is 2.96. The van der Waals surface area contributed by atoms with Crippen molar-refractivity contribution in [1.82, 2.24) is 4.98 Å². The van der Waals surface area contributed by atoms with Crippen molar-refractivity contribution in [1.29, 1.82) is 0 Å². The van der Waals surface area contributed by atoms with Crippen LogP contribution in [0.2, 0.25) is 0 Å². The highest BCUT2D eigenvalue weighted by atomic mass is 19.1. The van der Waals surface area contributed by atoms with Crippen LogP contribution in [-0.4, -0.2) is 4.98 Å². The summed E-state index contributed by atoms with van der Waals surface area (Å²) in [5.74, 6) is -0.264. The number of nitrogen functional groups attached to an aromatic ring is 1. The molecule has 1 heterocycles. The Morgan fingerprint density at radius 2 is 2.06 bits per heavy atom. The molecule has 0 saturated carbocycles. The first kappa shape index (κ1) is 11.6. The van der Waals surface area contributed by atoms with Crippen molar-refractivity contribution in [2.24, 2.45) is 0 Å². The van der Waals surface area contributed by atoms with Gasteiger partial charge in [-0.2, -0.15) is 0 Å². The average Bonchev–Trinajstić information content (AvgIpc) is 2.35. The van der Waals surface area contributed by atoms with Gasteiger partial charge >= 0.3 is 0 Å². The van der Waals surface area contributed by atoms with Crippen LogP contribution in [0.25, 0.3) is 0 Å². The monoisotopic (exact) mass is 230 g/mol. The first-order chi connectivity index (χ1) is 8.19. The third-order valence-electron chi connectivity index (χ3n) is 2.77. The van der Waals surface area contributed by atoms with Crippen LogP contribution in [0.15, 0.2) is 36.5 Å². The number of aryl methyl sites for hydroxylation is 1. The van der Waals surface area contributed by atoms with Crippen LogP contribution in [0, 0.1) is 5.82 Å². The minimum atomic E-state index is -0.264. The lowest BCUT2D eigenvalue weighted by molar-refractivity contribution is 0.626. The van der Waals surface area contributed by atoms with Crippen molar-refractivity contribution in [3.63, 3.8) is 0 Å². The SMILES string of the molecule is CCc1ccc(Cc2cc(F)ccc2N)nc1. The summed E-state index contributed by atoms with van der Waals surface area (Å²) in [7, 11) is 0. The van der Waals surface area contributed by atoms with Crippen LogP contribution < -0.4 is 5.73 Å². The van der Waals surface area contributed by atoms with E-state index in [2.05, 4.69) is 11.9 Å². The van der Waals surface area contributed by atoms with Crippen molar-refractivity contribution in [3.8, 4) is 0 Å². The zero-order valence-electron chi connectivity index (χ0n) is 9.78. The second kappa shape index (κ2) is 4.95. The molecule has 88 valence electrons. The van der Waals surface area contributed by atoms with E-state index < -0.39 is 0 Å². The van der Waals surface area contributed by atoms with Crippen LogP contribution in [0.1, 0.15) is 23.7 Å². The van der Waals surface area contributed by atoms with E-state index in [1.165, 1.54) is 17.7 Å². The topological polar surface area (TPSA) is 38.9 Å². The van der Waals surface area contributed by atoms with E-state index in [1.54, 1.807) is 6.07 Å². The lowest BCUT2D eigenvalue weighted by Gasteiger charge is -2.06. The molecule has 0 bridgehead atoms. The minimum absolute atomic E-state index is 0.264. The lowest BCUT2D eigenvalue weighted by Crippen LogP contribution is -1.98. The zero-order valence-corrected chi connectivity index (χ0v) is 9.78. The van der Waals surface area contributed by atoms with E-state index in [0.717, 1.165) is 17.7 Å². The Labute approximate surface area is 100 Å². The van der Waals surface area contributed by atoms with Crippen molar-refractivity contribution >= 4 is 5.69 Å². The fourth-order valence-electron chi connectivity index (χ4n) is 1.69. The molecule has 17 heavy (non-hydrogen) atoms. The third-order valence-corrected chi connectivity index (χ3v) is 2.77. The van der Waals surface area contributed by atoms with Gasteiger partial charge in [0.15, 0.2) is 0 Å². The fourth-order valence-corrected chi connectivity index (χ4v) is 1.69. The Hall–Kier alpha value is -1.90. The molecule has 0 aliphatic heterocycles. The first-order valence-corrected chi connectivity index (χ1v) is 5.66. The molecule has 2 nitrogen and oxygen atoms in total. The van der Waals surface area contributed by atoms with E-state index in [0.29, 0.717) is 12.1 Å². The maximum atomic E-state index is 13.1. The molecule has 0 fully saturated rings. The summed E-state index contributed by atoms with van der Waals surface area (Å²) in [6, 6.07) is 8.42. The van der Waals surface area contributed by atoms with E-state index in [4.69, 9.17) is 5.73 Å². The van der Waals surface area contributed by atoms with Crippen LogP contribution in [-0.2, 0) is 12.8 Å². The van der Waals surface area contributed by atoms with Gasteiger partial charge in [0.2, 0.25) is 0 Å². The van der Waals surface area contributed by atoms with E-state index in [-0.39, 0.29) is 5.82 Å². The molecule has 1 aromatic carbocycles. The van der Waals surface area contributed by atoms with Crippen molar-refractivity contribution in [3.05, 3.63) is 59.2 Å². The Morgan fingerprint density at radius 3 is 2.71 bits per heavy atom. The van der Waals surface area contributed by atoms with Crippen LogP contribution in [0.5, 0.6) is 0 Å². The van der Waals surface area contributed by atoms with E-state index in [9.17, 15) is 4.39 Å². The molecule has 2 rings (SSSR count). The van der Waals surface area contributed by atoms with Gasteiger partial charge < -0.3 is 5.73 Å². The number of benzene rings is 1. The van der Waals surface area contributed by atoms with Gasteiger partial charge in [-0.05, 0) is 41.8 Å². The maximum absolute atomic E-state index is 13.1. The summed E-state index contributed by atoms with van der Waals surface area (Å²) in [5.41, 5.74) is 9.28. The smallest absolute Gasteiger partial charge is 0.123 e. The molecular formula is C14H15FN2.